The van der Waals surface area contributed by atoms with E-state index in [1.165, 1.54) is 19.3 Å². The van der Waals surface area contributed by atoms with Crippen LogP contribution in [0.5, 0.6) is 0 Å². The first-order valence-electron chi connectivity index (χ1n) is 8.30. The molecule has 1 saturated carbocycles. The van der Waals surface area contributed by atoms with Crippen LogP contribution in [0.3, 0.4) is 0 Å². The Bertz CT molecular complexity index is 641. The van der Waals surface area contributed by atoms with Crippen molar-refractivity contribution in [3.05, 3.63) is 29.2 Å². The number of nitrogens with one attached hydrogen (secondary N) is 1. The minimum Gasteiger partial charge on any atom is -0.383 e. The van der Waals surface area contributed by atoms with E-state index >= 15 is 0 Å². The van der Waals surface area contributed by atoms with Gasteiger partial charge in [0.05, 0.1) is 17.8 Å². The van der Waals surface area contributed by atoms with Crippen molar-refractivity contribution in [2.24, 2.45) is 5.92 Å². The number of aromatic amines is 1. The maximum absolute atomic E-state index is 12.6. The Balaban J connectivity index is 1.75. The van der Waals surface area contributed by atoms with Crippen LogP contribution in [0.15, 0.2) is 12.4 Å². The molecule has 2 fully saturated rings. The number of allylic oxidation sites excluding steroid dienone is 1. The summed E-state index contributed by atoms with van der Waals surface area (Å²) in [7, 11) is 3.86. The molecule has 1 saturated heterocycles. The maximum Gasteiger partial charge on any atom is 0.179 e. The summed E-state index contributed by atoms with van der Waals surface area (Å²) in [5.74, 6) is 0.840. The van der Waals surface area contributed by atoms with Crippen LogP contribution < -0.4 is 0 Å². The SMILES string of the molecule is C/C(=C/N(C)C)c1[nH]cc(C(=O)CN2CCC2C2CC2)c1C=O. The van der Waals surface area contributed by atoms with E-state index in [1.807, 2.05) is 32.1 Å². The largest absolute Gasteiger partial charge is 0.383 e. The lowest BCUT2D eigenvalue weighted by atomic mass is 9.96. The maximum atomic E-state index is 12.6. The van der Waals surface area contributed by atoms with E-state index in [9.17, 15) is 9.59 Å². The second-order valence-corrected chi connectivity index (χ2v) is 6.97. The molecule has 1 unspecified atom stereocenters. The highest BCUT2D eigenvalue weighted by Gasteiger charge is 2.41. The van der Waals surface area contributed by atoms with E-state index in [0.717, 1.165) is 30.0 Å². The summed E-state index contributed by atoms with van der Waals surface area (Å²) in [6.45, 7) is 3.36. The zero-order valence-electron chi connectivity index (χ0n) is 14.1. The van der Waals surface area contributed by atoms with Crippen molar-refractivity contribution in [1.82, 2.24) is 14.8 Å². The molecule has 0 radical (unpaired) electrons. The normalized spacial score (nSPS) is 21.9. The van der Waals surface area contributed by atoms with Gasteiger partial charge in [-0.15, -0.1) is 0 Å². The van der Waals surface area contributed by atoms with Gasteiger partial charge in [0.15, 0.2) is 12.1 Å². The number of ketones is 1. The lowest BCUT2D eigenvalue weighted by molar-refractivity contribution is 0.0600. The highest BCUT2D eigenvalue weighted by Crippen LogP contribution is 2.40. The van der Waals surface area contributed by atoms with Crippen LogP contribution in [0.4, 0.5) is 0 Å². The van der Waals surface area contributed by atoms with Crippen LogP contribution in [0, 0.1) is 5.92 Å². The van der Waals surface area contributed by atoms with Crippen molar-refractivity contribution < 1.29 is 9.59 Å². The Kier molecular flexibility index (Phi) is 4.39. The molecule has 0 amide bonds. The Morgan fingerprint density at radius 3 is 2.65 bits per heavy atom. The van der Waals surface area contributed by atoms with Crippen LogP contribution in [0.25, 0.3) is 5.57 Å². The van der Waals surface area contributed by atoms with Gasteiger partial charge in [0, 0.05) is 44.6 Å². The molecule has 1 N–H and O–H groups in total. The van der Waals surface area contributed by atoms with Crippen LogP contribution >= 0.6 is 0 Å². The second kappa shape index (κ2) is 6.32. The average molecular weight is 315 g/mol. The van der Waals surface area contributed by atoms with Gasteiger partial charge in [-0.1, -0.05) is 0 Å². The van der Waals surface area contributed by atoms with Crippen LogP contribution in [-0.2, 0) is 0 Å². The molecule has 0 bridgehead atoms. The van der Waals surface area contributed by atoms with Crippen LogP contribution in [0.1, 0.15) is 52.6 Å². The van der Waals surface area contributed by atoms with Gasteiger partial charge in [-0.3, -0.25) is 14.5 Å². The third-order valence-electron chi connectivity index (χ3n) is 4.88. The molecule has 2 heterocycles. The van der Waals surface area contributed by atoms with Gasteiger partial charge in [0.25, 0.3) is 0 Å². The Morgan fingerprint density at radius 2 is 2.13 bits per heavy atom. The van der Waals surface area contributed by atoms with E-state index in [1.54, 1.807) is 6.20 Å². The number of hydrogen-bond donors (Lipinski definition) is 1. The van der Waals surface area contributed by atoms with E-state index in [2.05, 4.69) is 9.88 Å². The predicted octanol–water partition coefficient (Wildman–Crippen LogP) is 2.42. The van der Waals surface area contributed by atoms with Gasteiger partial charge in [-0.25, -0.2) is 0 Å². The lowest BCUT2D eigenvalue weighted by Gasteiger charge is -2.40. The summed E-state index contributed by atoms with van der Waals surface area (Å²) in [4.78, 5) is 31.4. The van der Waals surface area contributed by atoms with Gasteiger partial charge in [0.2, 0.25) is 0 Å². The van der Waals surface area contributed by atoms with Gasteiger partial charge < -0.3 is 9.88 Å². The summed E-state index contributed by atoms with van der Waals surface area (Å²) in [6.07, 6.45) is 8.23. The molecule has 1 aromatic heterocycles. The van der Waals surface area contributed by atoms with Crippen molar-refractivity contribution in [2.75, 3.05) is 27.2 Å². The average Bonchev–Trinajstić information content (AvgIpc) is 3.18. The number of H-pyrrole nitrogens is 1. The van der Waals surface area contributed by atoms with Crippen molar-refractivity contribution in [3.8, 4) is 0 Å². The molecule has 1 aliphatic carbocycles. The molecule has 23 heavy (non-hydrogen) atoms. The minimum absolute atomic E-state index is 0.0394. The fraction of sp³-hybridized carbons (Fsp3) is 0.556. The topological polar surface area (TPSA) is 56.4 Å². The molecule has 5 nitrogen and oxygen atoms in total. The summed E-state index contributed by atoms with van der Waals surface area (Å²) < 4.78 is 0. The Labute approximate surface area is 137 Å². The van der Waals surface area contributed by atoms with E-state index in [4.69, 9.17) is 0 Å². The van der Waals surface area contributed by atoms with Crippen LogP contribution in [0.2, 0.25) is 0 Å². The monoisotopic (exact) mass is 315 g/mol. The van der Waals surface area contributed by atoms with E-state index < -0.39 is 0 Å². The third kappa shape index (κ3) is 3.24. The van der Waals surface area contributed by atoms with Gasteiger partial charge in [0.1, 0.15) is 0 Å². The number of Topliss-reactive ketones (excluding diaryl/α,β-unsaturated/α-hetero) is 1. The number of hydrogen-bond acceptors (Lipinski definition) is 4. The molecule has 1 aliphatic heterocycles. The second-order valence-electron chi connectivity index (χ2n) is 6.97. The van der Waals surface area contributed by atoms with E-state index in [0.29, 0.717) is 23.7 Å². The molecule has 3 rings (SSSR count). The zero-order valence-corrected chi connectivity index (χ0v) is 14.1. The number of aldehydes is 1. The zero-order chi connectivity index (χ0) is 16.6. The quantitative estimate of drug-likeness (QED) is 0.620. The highest BCUT2D eigenvalue weighted by atomic mass is 16.1. The fourth-order valence-corrected chi connectivity index (χ4v) is 3.51. The Morgan fingerprint density at radius 1 is 1.39 bits per heavy atom. The number of carbonyl (C=O) groups is 2. The summed E-state index contributed by atoms with van der Waals surface area (Å²) in [5, 5.41) is 0. The van der Waals surface area contributed by atoms with E-state index in [-0.39, 0.29) is 5.78 Å². The molecule has 0 aromatic carbocycles. The molecule has 2 aliphatic rings. The number of rotatable bonds is 7. The smallest absolute Gasteiger partial charge is 0.179 e. The summed E-state index contributed by atoms with van der Waals surface area (Å²) in [5.41, 5.74) is 2.67. The fourth-order valence-electron chi connectivity index (χ4n) is 3.51. The molecule has 0 spiro atoms. The standard InChI is InChI=1S/C18H25N3O2/c1-12(9-20(2)3)18-15(11-22)14(8-19-18)17(23)10-21-7-6-16(21)13-4-5-13/h8-9,11,13,16,19H,4-7,10H2,1-3H3/b12-9-. The lowest BCUT2D eigenvalue weighted by Crippen LogP contribution is -2.51. The van der Waals surface area contributed by atoms with Crippen molar-refractivity contribution in [2.45, 2.75) is 32.2 Å². The van der Waals surface area contributed by atoms with Gasteiger partial charge >= 0.3 is 0 Å². The number of likely N-dealkylation sites (tertiary alicyclic amines) is 1. The molecule has 5 heteroatoms. The first-order valence-corrected chi connectivity index (χ1v) is 8.30. The van der Waals surface area contributed by atoms with Gasteiger partial charge in [-0.05, 0) is 37.7 Å². The molecular weight excluding hydrogens is 290 g/mol. The summed E-state index contributed by atoms with van der Waals surface area (Å²) in [6, 6.07) is 0.590. The van der Waals surface area contributed by atoms with Crippen molar-refractivity contribution >= 4 is 17.6 Å². The minimum atomic E-state index is 0.0394. The molecular formula is C18H25N3O2. The number of carbonyl (C=O) groups excluding carboxylic acids is 2. The molecule has 124 valence electrons. The first-order chi connectivity index (χ1) is 11.0. The first kappa shape index (κ1) is 16.0. The molecule has 1 aromatic rings. The van der Waals surface area contributed by atoms with Gasteiger partial charge in [-0.2, -0.15) is 0 Å². The predicted molar refractivity (Wildman–Crippen MR) is 90.6 cm³/mol. The van der Waals surface area contributed by atoms with Crippen LogP contribution in [-0.4, -0.2) is 60.1 Å². The summed E-state index contributed by atoms with van der Waals surface area (Å²) >= 11 is 0. The number of nitrogens with zero attached hydrogens (tertiary/aromatic N) is 2. The highest BCUT2D eigenvalue weighted by molar-refractivity contribution is 6.06. The van der Waals surface area contributed by atoms with Crippen molar-refractivity contribution in [3.63, 3.8) is 0 Å². The number of aromatic nitrogens is 1. The Hall–Kier alpha value is -1.88. The van der Waals surface area contributed by atoms with Crippen molar-refractivity contribution in [1.29, 1.82) is 0 Å². The third-order valence-corrected chi connectivity index (χ3v) is 4.88. The molecule has 1 atom stereocenters.